The summed E-state index contributed by atoms with van der Waals surface area (Å²) in [5, 5.41) is 0. The third kappa shape index (κ3) is 22.9. The van der Waals surface area contributed by atoms with Crippen molar-refractivity contribution in [3.8, 4) is 0 Å². The fourth-order valence-electron chi connectivity index (χ4n) is 0.522. The van der Waals surface area contributed by atoms with Crippen LogP contribution in [0, 0.1) is 0 Å². The molecule has 0 saturated heterocycles. The van der Waals surface area contributed by atoms with E-state index in [1.807, 2.05) is 0 Å². The van der Waals surface area contributed by atoms with Gasteiger partial charge in [0.25, 0.3) is 0 Å². The van der Waals surface area contributed by atoms with Gasteiger partial charge in [-0.05, 0) is 0 Å². The topological polar surface area (TPSA) is 161 Å². The Hall–Kier alpha value is 2.54. The van der Waals surface area contributed by atoms with Gasteiger partial charge in [-0.3, -0.25) is 18.7 Å². The van der Waals surface area contributed by atoms with Crippen molar-refractivity contribution in [1.29, 1.82) is 0 Å². The first-order valence-corrected chi connectivity index (χ1v) is 6.12. The maximum absolute atomic E-state index is 10.5. The van der Waals surface area contributed by atoms with Crippen LogP contribution in [0.2, 0.25) is 0 Å². The number of hydrogen-bond donors (Lipinski definition) is 2. The third-order valence-electron chi connectivity index (χ3n) is 0.930. The average Bonchev–Trinajstić information content (AvgIpc) is 1.94. The Morgan fingerprint density at radius 1 is 0.737 bits per heavy atom. The standard InChI is InChI=1S/C4H6O10S2.3Ca.6H/c5-3(13-15(7,8)9)1-2-4(6)14-16(10,11)12;;;;;;;;;/h1-2H2,(H,7,8,9)(H,10,11,12);;;;;;;;;. The molecule has 0 atom stereocenters. The van der Waals surface area contributed by atoms with E-state index >= 15 is 0 Å². The van der Waals surface area contributed by atoms with Crippen molar-refractivity contribution < 1.29 is 43.9 Å². The Labute approximate surface area is 198 Å². The van der Waals surface area contributed by atoms with Crippen LogP contribution in [0.4, 0.5) is 0 Å². The summed E-state index contributed by atoms with van der Waals surface area (Å²) in [6.07, 6.45) is -1.71. The molecule has 0 amide bonds. The van der Waals surface area contributed by atoms with Gasteiger partial charge in [0, 0.05) is 0 Å². The van der Waals surface area contributed by atoms with Crippen LogP contribution >= 0.6 is 0 Å². The molecule has 0 unspecified atom stereocenters. The fraction of sp³-hybridized carbons (Fsp3) is 0.500. The molecule has 106 valence electrons. The normalized spacial score (nSPS) is 10.0. The number of rotatable bonds is 5. The Morgan fingerprint density at radius 3 is 1.11 bits per heavy atom. The van der Waals surface area contributed by atoms with E-state index in [-0.39, 0.29) is 113 Å². The van der Waals surface area contributed by atoms with Crippen LogP contribution in [0.1, 0.15) is 12.8 Å². The fourth-order valence-corrected chi connectivity index (χ4v) is 1.16. The van der Waals surface area contributed by atoms with Gasteiger partial charge in [-0.1, -0.05) is 0 Å². The first kappa shape index (κ1) is 29.5. The molecule has 15 heteroatoms. The first-order chi connectivity index (χ1) is 6.99. The van der Waals surface area contributed by atoms with Crippen molar-refractivity contribution in [1.82, 2.24) is 0 Å². The summed E-state index contributed by atoms with van der Waals surface area (Å²) < 4.78 is 62.7. The van der Waals surface area contributed by atoms with Gasteiger partial charge in [0.05, 0.1) is 12.8 Å². The average molecular weight is 404 g/mol. The van der Waals surface area contributed by atoms with Crippen molar-refractivity contribution >= 4 is 146 Å². The van der Waals surface area contributed by atoms with Gasteiger partial charge >= 0.3 is 146 Å². The molecule has 0 aliphatic heterocycles. The molecule has 19 heavy (non-hydrogen) atoms. The van der Waals surface area contributed by atoms with Gasteiger partial charge in [0.2, 0.25) is 0 Å². The monoisotopic (exact) mass is 404 g/mol. The molecule has 2 N–H and O–H groups in total. The quantitative estimate of drug-likeness (QED) is 0.339. The molecule has 0 aromatic heterocycles. The molecule has 0 fully saturated rings. The van der Waals surface area contributed by atoms with E-state index in [0.717, 1.165) is 0 Å². The van der Waals surface area contributed by atoms with E-state index in [4.69, 9.17) is 9.11 Å². The molecule has 0 bridgehead atoms. The number of carbonyl (C=O) groups excluding carboxylic acids is 2. The van der Waals surface area contributed by atoms with Gasteiger partial charge in [-0.25, -0.2) is 0 Å². The Kier molecular flexibility index (Phi) is 20.2. The van der Waals surface area contributed by atoms with Gasteiger partial charge in [-0.15, -0.1) is 0 Å². The Morgan fingerprint density at radius 2 is 0.947 bits per heavy atom. The molecule has 0 aliphatic rings. The summed E-state index contributed by atoms with van der Waals surface area (Å²) in [5.74, 6) is -2.98. The van der Waals surface area contributed by atoms with Crippen molar-refractivity contribution in [3.63, 3.8) is 0 Å². The Balaban J connectivity index is -0.000000375. The van der Waals surface area contributed by atoms with Crippen molar-refractivity contribution in [2.45, 2.75) is 12.8 Å². The van der Waals surface area contributed by atoms with Crippen LogP contribution in [-0.4, -0.2) is 151 Å². The number of hydrogen-bond acceptors (Lipinski definition) is 8. The van der Waals surface area contributed by atoms with Crippen molar-refractivity contribution in [3.05, 3.63) is 0 Å². The van der Waals surface area contributed by atoms with Crippen LogP contribution in [-0.2, 0) is 38.8 Å². The molecule has 10 nitrogen and oxygen atoms in total. The molecule has 0 spiro atoms. The second-order valence-corrected chi connectivity index (χ2v) is 4.31. The molecule has 0 heterocycles. The predicted octanol–water partition coefficient (Wildman–Crippen LogP) is -4.29. The van der Waals surface area contributed by atoms with Crippen LogP contribution in [0.15, 0.2) is 0 Å². The summed E-state index contributed by atoms with van der Waals surface area (Å²) in [4.78, 5) is 21.1. The molecule has 0 aromatic carbocycles. The van der Waals surface area contributed by atoms with E-state index in [1.54, 1.807) is 0 Å². The summed E-state index contributed by atoms with van der Waals surface area (Å²) in [5.41, 5.74) is 0. The van der Waals surface area contributed by atoms with E-state index in [9.17, 15) is 26.4 Å². The molecular formula is C4H12Ca3O10S2. The SMILES string of the molecule is O=C(CCC(=O)OS(=O)(=O)O)OS(=O)(=O)O.[CaH2].[CaH2].[CaH2]. The van der Waals surface area contributed by atoms with Crippen LogP contribution in [0.25, 0.3) is 0 Å². The van der Waals surface area contributed by atoms with Gasteiger partial charge in [-0.2, -0.15) is 16.8 Å². The molecule has 0 aromatic rings. The zero-order valence-corrected chi connectivity index (χ0v) is 9.02. The second-order valence-electron chi connectivity index (χ2n) is 2.27. The molecule has 0 aliphatic carbocycles. The van der Waals surface area contributed by atoms with Crippen LogP contribution in [0.3, 0.4) is 0 Å². The van der Waals surface area contributed by atoms with Crippen molar-refractivity contribution in [2.24, 2.45) is 0 Å². The van der Waals surface area contributed by atoms with E-state index < -0.39 is 45.6 Å². The third-order valence-corrected chi connectivity index (χ3v) is 1.72. The Bertz CT molecular complexity index is 435. The molecule has 0 radical (unpaired) electrons. The summed E-state index contributed by atoms with van der Waals surface area (Å²) >= 11 is 0. The second kappa shape index (κ2) is 13.0. The maximum atomic E-state index is 10.5. The minimum absolute atomic E-state index is 0. The van der Waals surface area contributed by atoms with Gasteiger partial charge in [0.1, 0.15) is 0 Å². The summed E-state index contributed by atoms with van der Waals surface area (Å²) in [6.45, 7) is 0. The summed E-state index contributed by atoms with van der Waals surface area (Å²) in [7, 11) is -9.95. The zero-order chi connectivity index (χ0) is 13.0. The number of carbonyl (C=O) groups is 2. The minimum atomic E-state index is -4.98. The zero-order valence-electron chi connectivity index (χ0n) is 7.39. The summed E-state index contributed by atoms with van der Waals surface area (Å²) in [6, 6.07) is 0. The van der Waals surface area contributed by atoms with E-state index in [0.29, 0.717) is 0 Å². The van der Waals surface area contributed by atoms with Crippen LogP contribution in [0.5, 0.6) is 0 Å². The van der Waals surface area contributed by atoms with E-state index in [2.05, 4.69) is 8.37 Å². The van der Waals surface area contributed by atoms with Crippen molar-refractivity contribution in [2.75, 3.05) is 0 Å². The molecular weight excluding hydrogens is 392 g/mol. The van der Waals surface area contributed by atoms with Crippen LogP contribution < -0.4 is 0 Å². The molecule has 0 rings (SSSR count). The van der Waals surface area contributed by atoms with E-state index in [1.165, 1.54) is 0 Å². The predicted molar refractivity (Wildman–Crippen MR) is 70.1 cm³/mol. The molecule has 0 saturated carbocycles. The van der Waals surface area contributed by atoms with Gasteiger partial charge < -0.3 is 8.37 Å². The van der Waals surface area contributed by atoms with Gasteiger partial charge in [0.15, 0.2) is 0 Å². The first-order valence-electron chi connectivity index (χ1n) is 3.39.